The van der Waals surface area contributed by atoms with Gasteiger partial charge in [-0.15, -0.1) is 0 Å². The summed E-state index contributed by atoms with van der Waals surface area (Å²) >= 11 is 1.51. The third kappa shape index (κ3) is 1.92. The number of nitrogens with zero attached hydrogens (tertiary/aromatic N) is 3. The van der Waals surface area contributed by atoms with E-state index in [2.05, 4.69) is 10.2 Å². The number of urea groups is 1. The molecule has 2 saturated heterocycles. The minimum atomic E-state index is -0.492. The molecule has 2 amide bonds. The first kappa shape index (κ1) is 14.0. The van der Waals surface area contributed by atoms with Gasteiger partial charge in [-0.3, -0.25) is 9.74 Å². The van der Waals surface area contributed by atoms with E-state index < -0.39 is 6.23 Å². The Hall–Kier alpha value is -2.37. The van der Waals surface area contributed by atoms with Crippen molar-refractivity contribution < 1.29 is 14.3 Å². The molecule has 0 saturated carbocycles. The van der Waals surface area contributed by atoms with E-state index in [-0.39, 0.29) is 18.1 Å². The molecule has 2 aromatic rings. The predicted molar refractivity (Wildman–Crippen MR) is 88.4 cm³/mol. The summed E-state index contributed by atoms with van der Waals surface area (Å²) in [5, 5.41) is 3.63. The number of benzene rings is 1. The van der Waals surface area contributed by atoms with Crippen LogP contribution in [0.2, 0.25) is 0 Å². The number of hydrogen-bond donors (Lipinski definition) is 1. The number of thiazole rings is 1. The fraction of sp³-hybridized carbons (Fsp3) is 0.438. The molecule has 2 fully saturated rings. The van der Waals surface area contributed by atoms with Gasteiger partial charge in [0.05, 0.1) is 41.9 Å². The SMILES string of the molecule is [C-]#[N+][C@H]1C[C@@H]2[C@H](CO1)NC(=O)N2c1nc2c3c(ccc2s1)OCC3. The van der Waals surface area contributed by atoms with Gasteiger partial charge in [-0.2, -0.15) is 0 Å². The summed E-state index contributed by atoms with van der Waals surface area (Å²) in [5.74, 6) is 0.891. The Kier molecular flexibility index (Phi) is 2.96. The molecule has 1 aromatic heterocycles. The van der Waals surface area contributed by atoms with Crippen LogP contribution in [0, 0.1) is 6.57 Å². The van der Waals surface area contributed by atoms with Crippen molar-refractivity contribution in [2.45, 2.75) is 31.2 Å². The van der Waals surface area contributed by atoms with Gasteiger partial charge in [0.15, 0.2) is 5.13 Å². The molecule has 122 valence electrons. The average Bonchev–Trinajstić information content (AvgIpc) is 3.28. The number of aromatic nitrogens is 1. The minimum Gasteiger partial charge on any atom is -0.493 e. The summed E-state index contributed by atoms with van der Waals surface area (Å²) in [6, 6.07) is 3.64. The third-order valence-electron chi connectivity index (χ3n) is 4.81. The van der Waals surface area contributed by atoms with Crippen LogP contribution in [-0.4, -0.2) is 42.5 Å². The fourth-order valence-corrected chi connectivity index (χ4v) is 4.70. The molecular weight excluding hydrogens is 328 g/mol. The monoisotopic (exact) mass is 342 g/mol. The van der Waals surface area contributed by atoms with Crippen LogP contribution in [0.1, 0.15) is 12.0 Å². The fourth-order valence-electron chi connectivity index (χ4n) is 3.65. The van der Waals surface area contributed by atoms with E-state index in [0.29, 0.717) is 24.8 Å². The Labute approximate surface area is 142 Å². The zero-order valence-corrected chi connectivity index (χ0v) is 13.5. The van der Waals surface area contributed by atoms with E-state index in [1.165, 1.54) is 11.3 Å². The maximum absolute atomic E-state index is 12.5. The molecule has 0 bridgehead atoms. The van der Waals surface area contributed by atoms with Crippen LogP contribution in [0.3, 0.4) is 0 Å². The number of fused-ring (bicyclic) bond motifs is 4. The Morgan fingerprint density at radius 2 is 2.38 bits per heavy atom. The topological polar surface area (TPSA) is 68.0 Å². The number of anilines is 1. The van der Waals surface area contributed by atoms with Crippen molar-refractivity contribution in [3.05, 3.63) is 29.1 Å². The van der Waals surface area contributed by atoms with Crippen molar-refractivity contribution in [2.75, 3.05) is 18.1 Å². The maximum Gasteiger partial charge on any atom is 0.329 e. The van der Waals surface area contributed by atoms with Gasteiger partial charge in [0.25, 0.3) is 0 Å². The normalized spacial score (nSPS) is 28.2. The molecule has 4 heterocycles. The first-order valence-electron chi connectivity index (χ1n) is 7.87. The number of rotatable bonds is 1. The van der Waals surface area contributed by atoms with Crippen molar-refractivity contribution >= 4 is 32.7 Å². The van der Waals surface area contributed by atoms with E-state index in [0.717, 1.165) is 28.0 Å². The lowest BCUT2D eigenvalue weighted by molar-refractivity contribution is 0.0241. The first-order chi connectivity index (χ1) is 11.7. The highest BCUT2D eigenvalue weighted by Gasteiger charge is 2.47. The van der Waals surface area contributed by atoms with Gasteiger partial charge in [-0.25, -0.2) is 16.4 Å². The zero-order chi connectivity index (χ0) is 16.3. The molecule has 1 aromatic carbocycles. The minimum absolute atomic E-state index is 0.0865. The van der Waals surface area contributed by atoms with Crippen LogP contribution in [-0.2, 0) is 11.2 Å². The van der Waals surface area contributed by atoms with Gasteiger partial charge in [0, 0.05) is 12.0 Å². The summed E-state index contributed by atoms with van der Waals surface area (Å²) in [4.78, 5) is 22.4. The molecule has 5 rings (SSSR count). The van der Waals surface area contributed by atoms with Crippen molar-refractivity contribution in [3.63, 3.8) is 0 Å². The second kappa shape index (κ2) is 5.06. The van der Waals surface area contributed by atoms with Gasteiger partial charge < -0.3 is 14.8 Å². The Bertz CT molecular complexity index is 889. The third-order valence-corrected chi connectivity index (χ3v) is 5.83. The molecule has 3 aliphatic heterocycles. The maximum atomic E-state index is 12.5. The average molecular weight is 342 g/mol. The van der Waals surface area contributed by atoms with Gasteiger partial charge >= 0.3 is 12.3 Å². The highest BCUT2D eigenvalue weighted by atomic mass is 32.1. The van der Waals surface area contributed by atoms with Crippen molar-refractivity contribution in [3.8, 4) is 5.75 Å². The molecule has 24 heavy (non-hydrogen) atoms. The number of carbonyl (C=O) groups excluding carboxylic acids is 1. The highest BCUT2D eigenvalue weighted by molar-refractivity contribution is 7.22. The van der Waals surface area contributed by atoms with Crippen LogP contribution in [0.5, 0.6) is 5.75 Å². The Balaban J connectivity index is 1.56. The lowest BCUT2D eigenvalue weighted by Crippen LogP contribution is -2.46. The Morgan fingerprint density at radius 1 is 1.46 bits per heavy atom. The quantitative estimate of drug-likeness (QED) is 0.807. The standard InChI is InChI=1S/C16H14N4O3S/c1-17-13-6-10-9(7-23-13)18-15(21)20(10)16-19-14-8-4-5-22-11(8)2-3-12(14)24-16/h2-3,9-10,13H,4-7H2,(H,18,21)/t9-,10+,13+/m0/s1. The van der Waals surface area contributed by atoms with Gasteiger partial charge in [0.2, 0.25) is 0 Å². The number of ether oxygens (including phenoxy) is 2. The second-order valence-corrected chi connectivity index (χ2v) is 7.14. The number of amides is 2. The first-order valence-corrected chi connectivity index (χ1v) is 8.69. The molecule has 3 atom stereocenters. The zero-order valence-electron chi connectivity index (χ0n) is 12.7. The van der Waals surface area contributed by atoms with Gasteiger partial charge in [-0.05, 0) is 12.1 Å². The number of carbonyl (C=O) groups is 1. The van der Waals surface area contributed by atoms with E-state index in [9.17, 15) is 4.79 Å². The molecule has 0 unspecified atom stereocenters. The van der Waals surface area contributed by atoms with Crippen molar-refractivity contribution in [2.24, 2.45) is 0 Å². The lowest BCUT2D eigenvalue weighted by Gasteiger charge is -2.28. The molecule has 3 aliphatic rings. The van der Waals surface area contributed by atoms with Gasteiger partial charge in [-0.1, -0.05) is 11.3 Å². The molecule has 7 nitrogen and oxygen atoms in total. The molecule has 0 spiro atoms. The summed E-state index contributed by atoms with van der Waals surface area (Å²) in [7, 11) is 0. The summed E-state index contributed by atoms with van der Waals surface area (Å²) < 4.78 is 12.1. The summed E-state index contributed by atoms with van der Waals surface area (Å²) in [6.07, 6.45) is 0.861. The van der Waals surface area contributed by atoms with Crippen molar-refractivity contribution in [1.29, 1.82) is 0 Å². The molecule has 1 N–H and O–H groups in total. The van der Waals surface area contributed by atoms with E-state index in [1.807, 2.05) is 12.1 Å². The largest absolute Gasteiger partial charge is 0.493 e. The molecule has 8 heteroatoms. The van der Waals surface area contributed by atoms with E-state index in [4.69, 9.17) is 21.0 Å². The second-order valence-electron chi connectivity index (χ2n) is 6.13. The van der Waals surface area contributed by atoms with Crippen LogP contribution in [0.25, 0.3) is 15.1 Å². The van der Waals surface area contributed by atoms with Crippen LogP contribution < -0.4 is 15.0 Å². The van der Waals surface area contributed by atoms with E-state index >= 15 is 0 Å². The van der Waals surface area contributed by atoms with Crippen molar-refractivity contribution in [1.82, 2.24) is 10.3 Å². The van der Waals surface area contributed by atoms with Crippen LogP contribution in [0.15, 0.2) is 12.1 Å². The molecule has 0 radical (unpaired) electrons. The lowest BCUT2D eigenvalue weighted by atomic mass is 10.0. The van der Waals surface area contributed by atoms with Crippen LogP contribution >= 0.6 is 11.3 Å². The number of hydrogen-bond acceptors (Lipinski definition) is 5. The Morgan fingerprint density at radius 3 is 3.25 bits per heavy atom. The summed E-state index contributed by atoms with van der Waals surface area (Å²) in [6.45, 7) is 8.24. The van der Waals surface area contributed by atoms with Crippen LogP contribution in [0.4, 0.5) is 9.93 Å². The van der Waals surface area contributed by atoms with Gasteiger partial charge in [0.1, 0.15) is 5.75 Å². The highest BCUT2D eigenvalue weighted by Crippen LogP contribution is 2.40. The summed E-state index contributed by atoms with van der Waals surface area (Å²) in [5.41, 5.74) is 2.05. The predicted octanol–water partition coefficient (Wildman–Crippen LogP) is 2.16. The smallest absolute Gasteiger partial charge is 0.329 e. The molecule has 0 aliphatic carbocycles. The van der Waals surface area contributed by atoms with E-state index in [1.54, 1.807) is 4.90 Å². The molecular formula is C16H14N4O3S. The number of nitrogens with one attached hydrogen (secondary N) is 1.